The van der Waals surface area contributed by atoms with Crippen molar-refractivity contribution in [3.05, 3.63) is 94.0 Å². The number of methoxy groups -OCH3 is 1. The lowest BCUT2D eigenvalue weighted by molar-refractivity contribution is -0.142. The molecule has 1 N–H and O–H groups in total. The zero-order valence-electron chi connectivity index (χ0n) is 22.6. The molecular formula is C31H37BrN2O4. The predicted molar refractivity (Wildman–Crippen MR) is 155 cm³/mol. The Balaban J connectivity index is 1.91. The van der Waals surface area contributed by atoms with Crippen molar-refractivity contribution in [3.8, 4) is 11.5 Å². The Hall–Kier alpha value is -3.32. The van der Waals surface area contributed by atoms with Crippen LogP contribution in [0.4, 0.5) is 0 Å². The van der Waals surface area contributed by atoms with Crippen LogP contribution in [0.5, 0.6) is 11.5 Å². The van der Waals surface area contributed by atoms with Gasteiger partial charge in [0.25, 0.3) is 5.91 Å². The Morgan fingerprint density at radius 2 is 1.71 bits per heavy atom. The first-order valence-corrected chi connectivity index (χ1v) is 13.8. The van der Waals surface area contributed by atoms with E-state index in [4.69, 9.17) is 9.47 Å². The van der Waals surface area contributed by atoms with E-state index in [0.29, 0.717) is 30.4 Å². The molecule has 0 saturated carbocycles. The van der Waals surface area contributed by atoms with E-state index in [0.717, 1.165) is 22.0 Å². The molecule has 3 aromatic carbocycles. The Bertz CT molecular complexity index is 1200. The van der Waals surface area contributed by atoms with Crippen molar-refractivity contribution in [2.24, 2.45) is 0 Å². The molecule has 0 heterocycles. The molecule has 0 bridgehead atoms. The second-order valence-electron chi connectivity index (χ2n) is 9.50. The summed E-state index contributed by atoms with van der Waals surface area (Å²) in [4.78, 5) is 28.8. The number of amides is 2. The minimum atomic E-state index is -0.710. The van der Waals surface area contributed by atoms with Crippen molar-refractivity contribution < 1.29 is 19.1 Å². The molecule has 0 aromatic heterocycles. The quantitative estimate of drug-likeness (QED) is 0.264. The zero-order chi connectivity index (χ0) is 27.5. The highest BCUT2D eigenvalue weighted by Gasteiger charge is 2.30. The Morgan fingerprint density at radius 1 is 0.974 bits per heavy atom. The van der Waals surface area contributed by atoms with Crippen LogP contribution in [0.1, 0.15) is 49.8 Å². The smallest absolute Gasteiger partial charge is 0.261 e. The van der Waals surface area contributed by atoms with Crippen molar-refractivity contribution in [1.29, 1.82) is 0 Å². The molecule has 0 fully saturated rings. The van der Waals surface area contributed by atoms with Gasteiger partial charge in [-0.05, 0) is 69.2 Å². The second-order valence-corrected chi connectivity index (χ2v) is 10.4. The van der Waals surface area contributed by atoms with Crippen molar-refractivity contribution in [3.63, 3.8) is 0 Å². The van der Waals surface area contributed by atoms with E-state index < -0.39 is 6.04 Å². The van der Waals surface area contributed by atoms with Gasteiger partial charge in [-0.2, -0.15) is 0 Å². The standard InChI is InChI=1S/C31H37BrN2O4/c1-5-16-33-31(36)28(18-23-10-7-6-8-11-23)34(20-24-12-9-13-26(17-24)37-4)30(35)21-38-29-15-14-25(22(2)3)19-27(29)32/h6-15,17,19,22,28H,5,16,18,20-21H2,1-4H3,(H,33,36). The van der Waals surface area contributed by atoms with E-state index in [1.54, 1.807) is 12.0 Å². The molecule has 0 aliphatic rings. The largest absolute Gasteiger partial charge is 0.497 e. The number of nitrogens with zero attached hydrogens (tertiary/aromatic N) is 1. The fourth-order valence-electron chi connectivity index (χ4n) is 4.10. The van der Waals surface area contributed by atoms with Gasteiger partial charge in [-0.3, -0.25) is 9.59 Å². The van der Waals surface area contributed by atoms with Crippen LogP contribution >= 0.6 is 15.9 Å². The number of hydrogen-bond acceptors (Lipinski definition) is 4. The number of halogens is 1. The second kappa shape index (κ2) is 14.6. The first kappa shape index (κ1) is 29.2. The number of hydrogen-bond donors (Lipinski definition) is 1. The van der Waals surface area contributed by atoms with Gasteiger partial charge in [-0.25, -0.2) is 0 Å². The third kappa shape index (κ3) is 8.35. The van der Waals surface area contributed by atoms with Gasteiger partial charge in [0.1, 0.15) is 17.5 Å². The summed E-state index contributed by atoms with van der Waals surface area (Å²) in [5.41, 5.74) is 3.01. The van der Waals surface area contributed by atoms with Crippen molar-refractivity contribution >= 4 is 27.7 Å². The summed E-state index contributed by atoms with van der Waals surface area (Å²) in [6.07, 6.45) is 1.19. The molecule has 38 heavy (non-hydrogen) atoms. The summed E-state index contributed by atoms with van der Waals surface area (Å²) in [6, 6.07) is 22.5. The van der Waals surface area contributed by atoms with Crippen LogP contribution in [-0.4, -0.2) is 43.0 Å². The SMILES string of the molecule is CCCNC(=O)C(Cc1ccccc1)N(Cc1cccc(OC)c1)C(=O)COc1ccc(C(C)C)cc1Br. The Kier molecular flexibility index (Phi) is 11.2. The lowest BCUT2D eigenvalue weighted by atomic mass is 10.0. The summed E-state index contributed by atoms with van der Waals surface area (Å²) in [6.45, 7) is 6.83. The van der Waals surface area contributed by atoms with Gasteiger partial charge in [0.15, 0.2) is 6.61 Å². The molecule has 0 aliphatic heterocycles. The summed E-state index contributed by atoms with van der Waals surface area (Å²) in [5.74, 6) is 1.19. The fraction of sp³-hybridized carbons (Fsp3) is 0.355. The summed E-state index contributed by atoms with van der Waals surface area (Å²) in [7, 11) is 1.61. The summed E-state index contributed by atoms with van der Waals surface area (Å²) < 4.78 is 12.1. The fourth-order valence-corrected chi connectivity index (χ4v) is 4.61. The number of nitrogens with one attached hydrogen (secondary N) is 1. The van der Waals surface area contributed by atoms with E-state index in [2.05, 4.69) is 35.1 Å². The van der Waals surface area contributed by atoms with Crippen LogP contribution < -0.4 is 14.8 Å². The average Bonchev–Trinajstić information content (AvgIpc) is 2.93. The van der Waals surface area contributed by atoms with Gasteiger partial charge in [0.2, 0.25) is 5.91 Å². The van der Waals surface area contributed by atoms with Crippen molar-refractivity contribution in [1.82, 2.24) is 10.2 Å². The maximum absolute atomic E-state index is 13.7. The molecule has 2 amide bonds. The molecule has 0 radical (unpaired) electrons. The monoisotopic (exact) mass is 580 g/mol. The lowest BCUT2D eigenvalue weighted by Crippen LogP contribution is -2.51. The number of carbonyl (C=O) groups is 2. The number of carbonyl (C=O) groups excluding carboxylic acids is 2. The highest BCUT2D eigenvalue weighted by molar-refractivity contribution is 9.10. The third-order valence-electron chi connectivity index (χ3n) is 6.28. The van der Waals surface area contributed by atoms with Crippen molar-refractivity contribution in [2.45, 2.75) is 52.1 Å². The van der Waals surface area contributed by atoms with E-state index >= 15 is 0 Å². The Labute approximate surface area is 234 Å². The molecule has 0 aliphatic carbocycles. The molecule has 202 valence electrons. The van der Waals surface area contributed by atoms with Crippen LogP contribution in [0.3, 0.4) is 0 Å². The molecule has 6 nitrogen and oxygen atoms in total. The molecule has 1 atom stereocenters. The van der Waals surface area contributed by atoms with Gasteiger partial charge in [0.05, 0.1) is 11.6 Å². The number of benzene rings is 3. The number of rotatable bonds is 13. The predicted octanol–water partition coefficient (Wildman–Crippen LogP) is 6.13. The maximum atomic E-state index is 13.7. The average molecular weight is 582 g/mol. The van der Waals surface area contributed by atoms with E-state index in [1.807, 2.05) is 79.7 Å². The van der Waals surface area contributed by atoms with Gasteiger partial charge < -0.3 is 19.7 Å². The molecule has 1 unspecified atom stereocenters. The molecule has 0 spiro atoms. The van der Waals surface area contributed by atoms with Crippen LogP contribution in [0.25, 0.3) is 0 Å². The first-order chi connectivity index (χ1) is 18.3. The highest BCUT2D eigenvalue weighted by Crippen LogP contribution is 2.29. The van der Waals surface area contributed by atoms with Gasteiger partial charge in [-0.15, -0.1) is 0 Å². The first-order valence-electron chi connectivity index (χ1n) is 13.0. The van der Waals surface area contributed by atoms with E-state index in [-0.39, 0.29) is 25.0 Å². The van der Waals surface area contributed by atoms with Crippen LogP contribution in [0, 0.1) is 0 Å². The summed E-state index contributed by atoms with van der Waals surface area (Å²) >= 11 is 3.57. The van der Waals surface area contributed by atoms with E-state index in [9.17, 15) is 9.59 Å². The third-order valence-corrected chi connectivity index (χ3v) is 6.90. The normalized spacial score (nSPS) is 11.6. The van der Waals surface area contributed by atoms with Gasteiger partial charge in [-0.1, -0.05) is 69.3 Å². The Morgan fingerprint density at radius 3 is 2.37 bits per heavy atom. The van der Waals surface area contributed by atoms with E-state index in [1.165, 1.54) is 5.56 Å². The number of ether oxygens (including phenoxy) is 2. The minimum Gasteiger partial charge on any atom is -0.497 e. The van der Waals surface area contributed by atoms with Gasteiger partial charge >= 0.3 is 0 Å². The highest BCUT2D eigenvalue weighted by atomic mass is 79.9. The van der Waals surface area contributed by atoms with Crippen LogP contribution in [-0.2, 0) is 22.6 Å². The van der Waals surface area contributed by atoms with Crippen molar-refractivity contribution in [2.75, 3.05) is 20.3 Å². The molecule has 0 saturated heterocycles. The zero-order valence-corrected chi connectivity index (χ0v) is 24.2. The topological polar surface area (TPSA) is 67.9 Å². The minimum absolute atomic E-state index is 0.186. The van der Waals surface area contributed by atoms with Crippen LogP contribution in [0.2, 0.25) is 0 Å². The molecular weight excluding hydrogens is 544 g/mol. The van der Waals surface area contributed by atoms with Crippen LogP contribution in [0.15, 0.2) is 77.3 Å². The summed E-state index contributed by atoms with van der Waals surface area (Å²) in [5, 5.41) is 2.99. The van der Waals surface area contributed by atoms with Gasteiger partial charge in [0, 0.05) is 19.5 Å². The molecule has 3 rings (SSSR count). The lowest BCUT2D eigenvalue weighted by Gasteiger charge is -2.31. The maximum Gasteiger partial charge on any atom is 0.261 e. The molecule has 7 heteroatoms. The molecule has 3 aromatic rings.